The van der Waals surface area contributed by atoms with E-state index in [0.29, 0.717) is 5.92 Å². The summed E-state index contributed by atoms with van der Waals surface area (Å²) in [5.41, 5.74) is 2.48. The van der Waals surface area contributed by atoms with Gasteiger partial charge in [-0.05, 0) is 50.0 Å². The molecule has 1 aromatic carbocycles. The van der Waals surface area contributed by atoms with E-state index >= 15 is 0 Å². The minimum Gasteiger partial charge on any atom is -0.320 e. The van der Waals surface area contributed by atoms with E-state index in [-0.39, 0.29) is 0 Å². The topological polar surface area (TPSA) is 12.0 Å². The maximum absolute atomic E-state index is 6.08. The fraction of sp³-hybridized carbons (Fsp3) is 0.500. The van der Waals surface area contributed by atoms with Crippen LogP contribution in [-0.4, -0.2) is 13.6 Å². The Morgan fingerprint density at radius 2 is 2.14 bits per heavy atom. The number of rotatable bonds is 4. The zero-order chi connectivity index (χ0) is 10.6. The summed E-state index contributed by atoms with van der Waals surface area (Å²) in [7, 11) is 1.98. The van der Waals surface area contributed by atoms with Gasteiger partial charge in [0.25, 0.3) is 0 Å². The fourth-order valence-electron chi connectivity index (χ4n) is 1.44. The molecule has 1 unspecified atom stereocenters. The summed E-state index contributed by atoms with van der Waals surface area (Å²) in [6.45, 7) is 5.31. The third kappa shape index (κ3) is 3.00. The molecular weight excluding hydrogens is 194 g/mol. The lowest BCUT2D eigenvalue weighted by atomic mass is 9.97. The van der Waals surface area contributed by atoms with Crippen molar-refractivity contribution >= 4 is 11.6 Å². The molecule has 0 saturated heterocycles. The van der Waals surface area contributed by atoms with Crippen molar-refractivity contribution in [3.05, 3.63) is 34.3 Å². The number of benzene rings is 1. The summed E-state index contributed by atoms with van der Waals surface area (Å²) in [5, 5.41) is 4.04. The summed E-state index contributed by atoms with van der Waals surface area (Å²) < 4.78 is 0. The normalized spacial score (nSPS) is 12.9. The van der Waals surface area contributed by atoms with E-state index in [1.54, 1.807) is 0 Å². The standard InChI is InChI=1S/C12H18ClN/c1-9(6-7-14-3)11-5-4-10(2)12(13)8-11/h4-5,8-9,14H,6-7H2,1-3H3. The number of hydrogen-bond donors (Lipinski definition) is 1. The molecule has 1 aromatic rings. The highest BCUT2D eigenvalue weighted by Gasteiger charge is 2.06. The highest BCUT2D eigenvalue weighted by atomic mass is 35.5. The van der Waals surface area contributed by atoms with Crippen molar-refractivity contribution in [1.82, 2.24) is 5.32 Å². The van der Waals surface area contributed by atoms with Crippen LogP contribution in [0.25, 0.3) is 0 Å². The van der Waals surface area contributed by atoms with Gasteiger partial charge in [0.2, 0.25) is 0 Å². The van der Waals surface area contributed by atoms with Crippen molar-refractivity contribution < 1.29 is 0 Å². The Hall–Kier alpha value is -0.530. The smallest absolute Gasteiger partial charge is 0.0438 e. The number of halogens is 1. The van der Waals surface area contributed by atoms with E-state index < -0.39 is 0 Å². The third-order valence-corrected chi connectivity index (χ3v) is 3.00. The summed E-state index contributed by atoms with van der Waals surface area (Å²) in [6.07, 6.45) is 1.15. The van der Waals surface area contributed by atoms with Crippen molar-refractivity contribution in [1.29, 1.82) is 0 Å². The van der Waals surface area contributed by atoms with Gasteiger partial charge in [0.1, 0.15) is 0 Å². The number of nitrogens with one attached hydrogen (secondary N) is 1. The van der Waals surface area contributed by atoms with Crippen LogP contribution in [0.15, 0.2) is 18.2 Å². The van der Waals surface area contributed by atoms with Gasteiger partial charge in [-0.25, -0.2) is 0 Å². The second kappa shape index (κ2) is 5.38. The molecule has 0 bridgehead atoms. The fourth-order valence-corrected chi connectivity index (χ4v) is 1.63. The minimum absolute atomic E-state index is 0.570. The lowest BCUT2D eigenvalue weighted by molar-refractivity contribution is 0.636. The van der Waals surface area contributed by atoms with E-state index in [0.717, 1.165) is 23.6 Å². The molecule has 2 heteroatoms. The van der Waals surface area contributed by atoms with E-state index in [1.165, 1.54) is 5.56 Å². The molecule has 0 heterocycles. The van der Waals surface area contributed by atoms with Crippen LogP contribution < -0.4 is 5.32 Å². The summed E-state index contributed by atoms with van der Waals surface area (Å²) >= 11 is 6.08. The zero-order valence-electron chi connectivity index (χ0n) is 9.10. The number of aryl methyl sites for hydroxylation is 1. The van der Waals surface area contributed by atoms with Crippen molar-refractivity contribution in [3.8, 4) is 0 Å². The van der Waals surface area contributed by atoms with Crippen LogP contribution >= 0.6 is 11.6 Å². The average molecular weight is 212 g/mol. The second-order valence-corrected chi connectivity index (χ2v) is 4.21. The van der Waals surface area contributed by atoms with Gasteiger partial charge in [0.15, 0.2) is 0 Å². The first-order valence-electron chi connectivity index (χ1n) is 5.05. The first kappa shape index (κ1) is 11.5. The Morgan fingerprint density at radius 3 is 2.71 bits per heavy atom. The average Bonchev–Trinajstić information content (AvgIpc) is 2.18. The van der Waals surface area contributed by atoms with Crippen molar-refractivity contribution in [2.75, 3.05) is 13.6 Å². The summed E-state index contributed by atoms with van der Waals surface area (Å²) in [6, 6.07) is 6.34. The molecule has 0 spiro atoms. The van der Waals surface area contributed by atoms with Crippen LogP contribution in [-0.2, 0) is 0 Å². The lowest BCUT2D eigenvalue weighted by Gasteiger charge is -2.12. The molecule has 0 aromatic heterocycles. The van der Waals surface area contributed by atoms with Gasteiger partial charge < -0.3 is 5.32 Å². The Bertz CT molecular complexity index is 296. The SMILES string of the molecule is CNCCC(C)c1ccc(C)c(Cl)c1. The van der Waals surface area contributed by atoms with E-state index in [4.69, 9.17) is 11.6 Å². The van der Waals surface area contributed by atoms with E-state index in [9.17, 15) is 0 Å². The Kier molecular flexibility index (Phi) is 4.43. The highest BCUT2D eigenvalue weighted by Crippen LogP contribution is 2.24. The molecule has 78 valence electrons. The van der Waals surface area contributed by atoms with Crippen LogP contribution in [0.5, 0.6) is 0 Å². The quantitative estimate of drug-likeness (QED) is 0.806. The first-order valence-corrected chi connectivity index (χ1v) is 5.43. The molecule has 0 amide bonds. The molecule has 0 radical (unpaired) electrons. The second-order valence-electron chi connectivity index (χ2n) is 3.80. The minimum atomic E-state index is 0.570. The van der Waals surface area contributed by atoms with Crippen LogP contribution in [0.4, 0.5) is 0 Å². The predicted molar refractivity (Wildman–Crippen MR) is 63.1 cm³/mol. The maximum atomic E-state index is 6.08. The molecule has 0 saturated carbocycles. The molecule has 14 heavy (non-hydrogen) atoms. The van der Waals surface area contributed by atoms with Crippen molar-refractivity contribution in [3.63, 3.8) is 0 Å². The van der Waals surface area contributed by atoms with Gasteiger partial charge >= 0.3 is 0 Å². The third-order valence-electron chi connectivity index (χ3n) is 2.59. The van der Waals surface area contributed by atoms with E-state index in [1.807, 2.05) is 14.0 Å². The largest absolute Gasteiger partial charge is 0.320 e. The lowest BCUT2D eigenvalue weighted by Crippen LogP contribution is -2.10. The molecule has 0 fully saturated rings. The van der Waals surface area contributed by atoms with Crippen LogP contribution in [0, 0.1) is 6.92 Å². The van der Waals surface area contributed by atoms with Gasteiger partial charge in [0.05, 0.1) is 0 Å². The summed E-state index contributed by atoms with van der Waals surface area (Å²) in [4.78, 5) is 0. The zero-order valence-corrected chi connectivity index (χ0v) is 9.86. The van der Waals surface area contributed by atoms with Crippen LogP contribution in [0.2, 0.25) is 5.02 Å². The molecule has 1 nitrogen and oxygen atoms in total. The van der Waals surface area contributed by atoms with Gasteiger partial charge in [-0.2, -0.15) is 0 Å². The summed E-state index contributed by atoms with van der Waals surface area (Å²) in [5.74, 6) is 0.570. The van der Waals surface area contributed by atoms with Crippen molar-refractivity contribution in [2.45, 2.75) is 26.2 Å². The molecular formula is C12H18ClN. The Balaban J connectivity index is 2.70. The Morgan fingerprint density at radius 1 is 1.43 bits per heavy atom. The molecule has 1 rings (SSSR count). The Labute approximate surface area is 91.5 Å². The van der Waals surface area contributed by atoms with Crippen LogP contribution in [0.3, 0.4) is 0 Å². The predicted octanol–water partition coefficient (Wildman–Crippen LogP) is 3.36. The van der Waals surface area contributed by atoms with Gasteiger partial charge in [0, 0.05) is 5.02 Å². The van der Waals surface area contributed by atoms with Crippen molar-refractivity contribution in [2.24, 2.45) is 0 Å². The van der Waals surface area contributed by atoms with E-state index in [2.05, 4.69) is 30.4 Å². The highest BCUT2D eigenvalue weighted by molar-refractivity contribution is 6.31. The number of hydrogen-bond acceptors (Lipinski definition) is 1. The molecule has 0 aliphatic rings. The molecule has 1 N–H and O–H groups in total. The molecule has 0 aliphatic heterocycles. The first-order chi connectivity index (χ1) is 6.65. The van der Waals surface area contributed by atoms with Gasteiger partial charge in [-0.3, -0.25) is 0 Å². The van der Waals surface area contributed by atoms with Gasteiger partial charge in [-0.15, -0.1) is 0 Å². The van der Waals surface area contributed by atoms with Gasteiger partial charge in [-0.1, -0.05) is 30.7 Å². The molecule has 0 aliphatic carbocycles. The van der Waals surface area contributed by atoms with Crippen LogP contribution in [0.1, 0.15) is 30.4 Å². The molecule has 1 atom stereocenters. The maximum Gasteiger partial charge on any atom is 0.0438 e. The monoisotopic (exact) mass is 211 g/mol.